The third kappa shape index (κ3) is 4.56. The minimum absolute atomic E-state index is 0.0496. The van der Waals surface area contributed by atoms with Crippen LogP contribution in [0.4, 0.5) is 28.9 Å². The highest BCUT2D eigenvalue weighted by Gasteiger charge is 2.34. The van der Waals surface area contributed by atoms with Gasteiger partial charge in [0.05, 0.1) is 16.9 Å². The van der Waals surface area contributed by atoms with E-state index in [0.717, 1.165) is 17.7 Å². The molecule has 0 spiro atoms. The molecule has 8 heteroatoms. The topological polar surface area (TPSA) is 24.1 Å². The lowest BCUT2D eigenvalue weighted by atomic mass is 10.1. The summed E-state index contributed by atoms with van der Waals surface area (Å²) in [5.74, 6) is -0.563. The van der Waals surface area contributed by atoms with Gasteiger partial charge in [-0.1, -0.05) is 17.7 Å². The van der Waals surface area contributed by atoms with Gasteiger partial charge in [0, 0.05) is 5.02 Å². The van der Waals surface area contributed by atoms with Crippen LogP contribution in [0.25, 0.3) is 0 Å². The van der Waals surface area contributed by atoms with E-state index < -0.39 is 17.6 Å². The number of rotatable bonds is 2. The van der Waals surface area contributed by atoms with Crippen LogP contribution in [0.1, 0.15) is 11.1 Å². The van der Waals surface area contributed by atoms with Crippen molar-refractivity contribution in [3.8, 4) is 0 Å². The fourth-order valence-electron chi connectivity index (χ4n) is 1.87. The molecule has 2 N–H and O–H groups in total. The molecule has 0 saturated carbocycles. The molecule has 0 aromatic heterocycles. The van der Waals surface area contributed by atoms with Crippen LogP contribution in [-0.2, 0) is 6.18 Å². The average molecular weight is 363 g/mol. The Morgan fingerprint density at radius 2 is 1.70 bits per heavy atom. The number of hydrogen-bond acceptors (Lipinski definition) is 1. The fraction of sp³-hybridized carbons (Fsp3) is 0.133. The van der Waals surface area contributed by atoms with Crippen LogP contribution in [0.2, 0.25) is 5.02 Å². The van der Waals surface area contributed by atoms with Crippen molar-refractivity contribution >= 4 is 40.3 Å². The maximum absolute atomic E-state index is 13.6. The molecule has 23 heavy (non-hydrogen) atoms. The SMILES string of the molecule is Cc1ccc(F)c(NC(=S)Nc2ccc(Cl)cc2C(F)(F)F)c1. The first-order valence-corrected chi connectivity index (χ1v) is 7.16. The normalized spacial score (nSPS) is 11.2. The van der Waals surface area contributed by atoms with E-state index in [2.05, 4.69) is 10.6 Å². The van der Waals surface area contributed by atoms with Gasteiger partial charge in [0.1, 0.15) is 5.82 Å². The van der Waals surface area contributed by atoms with Crippen molar-refractivity contribution in [3.63, 3.8) is 0 Å². The second-order valence-electron chi connectivity index (χ2n) is 4.75. The Morgan fingerprint density at radius 3 is 2.35 bits per heavy atom. The highest BCUT2D eigenvalue weighted by atomic mass is 35.5. The molecule has 2 aromatic rings. The lowest BCUT2D eigenvalue weighted by Crippen LogP contribution is -2.22. The van der Waals surface area contributed by atoms with Crippen molar-refractivity contribution in [2.24, 2.45) is 0 Å². The van der Waals surface area contributed by atoms with Crippen LogP contribution in [0.5, 0.6) is 0 Å². The zero-order valence-electron chi connectivity index (χ0n) is 11.8. The molecule has 2 nitrogen and oxygen atoms in total. The lowest BCUT2D eigenvalue weighted by Gasteiger charge is -2.16. The summed E-state index contributed by atoms with van der Waals surface area (Å²) in [6, 6.07) is 7.55. The molecule has 0 atom stereocenters. The van der Waals surface area contributed by atoms with Gasteiger partial charge in [-0.15, -0.1) is 0 Å². The third-order valence-corrected chi connectivity index (χ3v) is 3.34. The molecule has 0 aliphatic rings. The van der Waals surface area contributed by atoms with E-state index >= 15 is 0 Å². The van der Waals surface area contributed by atoms with E-state index in [1.54, 1.807) is 13.0 Å². The molecule has 0 heterocycles. The third-order valence-electron chi connectivity index (χ3n) is 2.91. The molecule has 0 amide bonds. The van der Waals surface area contributed by atoms with Crippen LogP contribution >= 0.6 is 23.8 Å². The number of benzene rings is 2. The highest BCUT2D eigenvalue weighted by Crippen LogP contribution is 2.36. The van der Waals surface area contributed by atoms with Crippen molar-refractivity contribution in [2.45, 2.75) is 13.1 Å². The average Bonchev–Trinajstić information content (AvgIpc) is 2.43. The molecule has 2 rings (SSSR count). The molecule has 0 aliphatic heterocycles. The summed E-state index contributed by atoms with van der Waals surface area (Å²) in [7, 11) is 0. The number of anilines is 2. The Morgan fingerprint density at radius 1 is 1.04 bits per heavy atom. The van der Waals surface area contributed by atoms with E-state index in [4.69, 9.17) is 23.8 Å². The van der Waals surface area contributed by atoms with Crippen molar-refractivity contribution < 1.29 is 17.6 Å². The van der Waals surface area contributed by atoms with Crippen molar-refractivity contribution in [2.75, 3.05) is 10.6 Å². The Bertz CT molecular complexity index is 747. The molecule has 0 fully saturated rings. The predicted molar refractivity (Wildman–Crippen MR) is 87.4 cm³/mol. The molecule has 0 saturated heterocycles. The predicted octanol–water partition coefficient (Wildman–Crippen LogP) is 5.62. The Balaban J connectivity index is 2.22. The molecule has 0 radical (unpaired) electrons. The van der Waals surface area contributed by atoms with Gasteiger partial charge in [0.15, 0.2) is 5.11 Å². The first-order chi connectivity index (χ1) is 10.7. The van der Waals surface area contributed by atoms with Gasteiger partial charge in [-0.25, -0.2) is 4.39 Å². The molecule has 0 aliphatic carbocycles. The smallest absolute Gasteiger partial charge is 0.332 e. The summed E-state index contributed by atoms with van der Waals surface area (Å²) >= 11 is 10.5. The number of aryl methyl sites for hydroxylation is 1. The summed E-state index contributed by atoms with van der Waals surface area (Å²) < 4.78 is 52.6. The quantitative estimate of drug-likeness (QED) is 0.536. The summed E-state index contributed by atoms with van der Waals surface area (Å²) in [4.78, 5) is 0. The molecule has 0 unspecified atom stereocenters. The first-order valence-electron chi connectivity index (χ1n) is 6.38. The van der Waals surface area contributed by atoms with Gasteiger partial charge in [-0.05, 0) is 55.0 Å². The van der Waals surface area contributed by atoms with Gasteiger partial charge >= 0.3 is 6.18 Å². The minimum Gasteiger partial charge on any atom is -0.332 e. The second-order valence-corrected chi connectivity index (χ2v) is 5.59. The van der Waals surface area contributed by atoms with E-state index in [0.29, 0.717) is 0 Å². The van der Waals surface area contributed by atoms with Gasteiger partial charge in [0.25, 0.3) is 0 Å². The first kappa shape index (κ1) is 17.5. The summed E-state index contributed by atoms with van der Waals surface area (Å²) in [5, 5.41) is 4.74. The maximum Gasteiger partial charge on any atom is 0.418 e. The van der Waals surface area contributed by atoms with Crippen LogP contribution in [-0.4, -0.2) is 5.11 Å². The van der Waals surface area contributed by atoms with E-state index in [1.165, 1.54) is 18.2 Å². The van der Waals surface area contributed by atoms with Crippen LogP contribution in [0.15, 0.2) is 36.4 Å². The number of halogens is 5. The van der Waals surface area contributed by atoms with Crippen LogP contribution in [0, 0.1) is 12.7 Å². The van der Waals surface area contributed by atoms with E-state index in [1.807, 2.05) is 0 Å². The van der Waals surface area contributed by atoms with Crippen molar-refractivity contribution in [1.82, 2.24) is 0 Å². The van der Waals surface area contributed by atoms with Gasteiger partial charge in [-0.3, -0.25) is 0 Å². The summed E-state index contributed by atoms with van der Waals surface area (Å²) in [6.07, 6.45) is -4.60. The second kappa shape index (κ2) is 6.72. The van der Waals surface area contributed by atoms with E-state index in [9.17, 15) is 17.6 Å². The number of alkyl halides is 3. The molecule has 0 bridgehead atoms. The van der Waals surface area contributed by atoms with Crippen LogP contribution < -0.4 is 10.6 Å². The molecule has 2 aromatic carbocycles. The largest absolute Gasteiger partial charge is 0.418 e. The molecular formula is C15H11ClF4N2S. The highest BCUT2D eigenvalue weighted by molar-refractivity contribution is 7.80. The van der Waals surface area contributed by atoms with Gasteiger partial charge < -0.3 is 10.6 Å². The lowest BCUT2D eigenvalue weighted by molar-refractivity contribution is -0.136. The minimum atomic E-state index is -4.60. The Kier molecular flexibility index (Phi) is 5.11. The van der Waals surface area contributed by atoms with Crippen molar-refractivity contribution in [3.05, 3.63) is 58.4 Å². The fourth-order valence-corrected chi connectivity index (χ4v) is 2.26. The molecular weight excluding hydrogens is 352 g/mol. The number of thiocarbonyl (C=S) groups is 1. The summed E-state index contributed by atoms with van der Waals surface area (Å²) in [6.45, 7) is 1.75. The Hall–Kier alpha value is -1.86. The zero-order valence-corrected chi connectivity index (χ0v) is 13.3. The zero-order chi connectivity index (χ0) is 17.2. The number of hydrogen-bond donors (Lipinski definition) is 2. The van der Waals surface area contributed by atoms with Gasteiger partial charge in [0.2, 0.25) is 0 Å². The maximum atomic E-state index is 13.6. The Labute approximate surface area is 140 Å². The monoisotopic (exact) mass is 362 g/mol. The summed E-state index contributed by atoms with van der Waals surface area (Å²) in [5.41, 5.74) is -0.379. The van der Waals surface area contributed by atoms with E-state index in [-0.39, 0.29) is 21.5 Å². The number of nitrogens with one attached hydrogen (secondary N) is 2. The standard InChI is InChI=1S/C15H11ClF4N2S/c1-8-2-4-11(17)13(6-8)22-14(23)21-12-5-3-9(16)7-10(12)15(18,19)20/h2-7H,1H3,(H2,21,22,23). The van der Waals surface area contributed by atoms with Gasteiger partial charge in [-0.2, -0.15) is 13.2 Å². The van der Waals surface area contributed by atoms with Crippen molar-refractivity contribution in [1.29, 1.82) is 0 Å². The molecule has 122 valence electrons. The van der Waals surface area contributed by atoms with Crippen LogP contribution in [0.3, 0.4) is 0 Å².